The van der Waals surface area contributed by atoms with Crippen LogP contribution in [0.4, 0.5) is 0 Å². The highest BCUT2D eigenvalue weighted by atomic mass is 16.6. The van der Waals surface area contributed by atoms with Crippen LogP contribution >= 0.6 is 0 Å². The fraction of sp³-hybridized carbons (Fsp3) is 0.540. The SMILES string of the molecule is CC/C=C\C/C=C\C/C=C\C/C=C\C/C=C\CCCCCC(=O)OC[C@@H](COC(=O)CCCC/C=C\C/C=C\C/C=C\C/C=C\CC)OC(=O)CCC/C=C\C/C=C\C/C=C\C/C=C\CCCCC. The highest BCUT2D eigenvalue weighted by Crippen LogP contribution is 2.10. The number of hydrogen-bond donors (Lipinski definition) is 0. The molecule has 0 unspecified atom stereocenters. The molecule has 384 valence electrons. The molecule has 0 aliphatic heterocycles. The normalized spacial score (nSPS) is 13.4. The Bertz CT molecular complexity index is 1610. The van der Waals surface area contributed by atoms with E-state index < -0.39 is 12.1 Å². The molecule has 69 heavy (non-hydrogen) atoms. The first kappa shape index (κ1) is 64.0. The fourth-order valence-corrected chi connectivity index (χ4v) is 6.51. The van der Waals surface area contributed by atoms with Gasteiger partial charge in [0, 0.05) is 19.3 Å². The molecule has 0 saturated heterocycles. The number of unbranched alkanes of at least 4 members (excludes halogenated alkanes) is 9. The summed E-state index contributed by atoms with van der Waals surface area (Å²) in [6, 6.07) is 0. The zero-order chi connectivity index (χ0) is 50.0. The quantitative estimate of drug-likeness (QED) is 0.0262. The van der Waals surface area contributed by atoms with Crippen molar-refractivity contribution in [2.75, 3.05) is 13.2 Å². The summed E-state index contributed by atoms with van der Waals surface area (Å²) in [4.78, 5) is 38.1. The number of allylic oxidation sites excluding steroid dienone is 26. The maximum absolute atomic E-state index is 12.8. The van der Waals surface area contributed by atoms with Crippen molar-refractivity contribution in [2.45, 2.75) is 207 Å². The van der Waals surface area contributed by atoms with Gasteiger partial charge in [-0.1, -0.05) is 198 Å². The van der Waals surface area contributed by atoms with Crippen LogP contribution in [0.5, 0.6) is 0 Å². The molecule has 0 bridgehead atoms. The van der Waals surface area contributed by atoms with Gasteiger partial charge in [-0.2, -0.15) is 0 Å². The minimum atomic E-state index is -0.846. The molecule has 0 radical (unpaired) electrons. The summed E-state index contributed by atoms with van der Waals surface area (Å²) in [5, 5.41) is 0. The van der Waals surface area contributed by atoms with Crippen molar-refractivity contribution in [1.29, 1.82) is 0 Å². The number of carbonyl (C=O) groups excluding carboxylic acids is 3. The van der Waals surface area contributed by atoms with Crippen LogP contribution in [0.2, 0.25) is 0 Å². The highest BCUT2D eigenvalue weighted by molar-refractivity contribution is 5.71. The van der Waals surface area contributed by atoms with E-state index in [0.29, 0.717) is 19.3 Å². The molecule has 6 nitrogen and oxygen atoms in total. The molecule has 0 aliphatic rings. The summed E-state index contributed by atoms with van der Waals surface area (Å²) in [6.07, 6.45) is 80.9. The van der Waals surface area contributed by atoms with E-state index in [1.165, 1.54) is 25.7 Å². The molecule has 0 spiro atoms. The van der Waals surface area contributed by atoms with Gasteiger partial charge in [-0.3, -0.25) is 14.4 Å². The first-order chi connectivity index (χ1) is 34.0. The molecule has 0 N–H and O–H groups in total. The van der Waals surface area contributed by atoms with Gasteiger partial charge >= 0.3 is 17.9 Å². The Labute approximate surface area is 422 Å². The third-order valence-electron chi connectivity index (χ3n) is 10.5. The summed E-state index contributed by atoms with van der Waals surface area (Å²) >= 11 is 0. The lowest BCUT2D eigenvalue weighted by Gasteiger charge is -2.18. The molecule has 6 heteroatoms. The second-order valence-corrected chi connectivity index (χ2v) is 17.0. The number of hydrogen-bond acceptors (Lipinski definition) is 6. The summed E-state index contributed by atoms with van der Waals surface area (Å²) in [5.74, 6) is -1.08. The second-order valence-electron chi connectivity index (χ2n) is 17.0. The topological polar surface area (TPSA) is 78.9 Å². The van der Waals surface area contributed by atoms with Crippen molar-refractivity contribution in [3.05, 3.63) is 158 Å². The monoisotopic (exact) mass is 949 g/mol. The van der Waals surface area contributed by atoms with Gasteiger partial charge in [0.25, 0.3) is 0 Å². The van der Waals surface area contributed by atoms with Crippen molar-refractivity contribution in [2.24, 2.45) is 0 Å². The Kier molecular flexibility index (Phi) is 51.6. The molecular weight excluding hydrogens is 853 g/mol. The van der Waals surface area contributed by atoms with Crippen LogP contribution in [0.25, 0.3) is 0 Å². The van der Waals surface area contributed by atoms with Crippen LogP contribution in [0.3, 0.4) is 0 Å². The highest BCUT2D eigenvalue weighted by Gasteiger charge is 2.19. The standard InChI is InChI=1S/C63H96O6/c1-4-7-10-13-16-19-22-25-28-30-31-33-35-38-41-44-47-50-53-56-62(65)68-59-60(58-67-61(64)55-52-49-46-43-40-37-34-27-24-21-18-15-12-9-6-3)69-63(66)57-54-51-48-45-42-39-36-32-29-26-23-20-17-14-11-8-5-2/h7,9-10,12,16-21,25-29,31,33-34,36,38-41,43,45,48,60H,4-6,8,11,13-15,22-24,30,32,35,37,42,44,46-47,49-59H2,1-3H3/b10-7-,12-9-,19-16-,20-17-,21-18-,28-25-,29-26-,33-31-,34-27-,39-36-,41-38-,43-40-,48-45-/t60-/m1/s1. The first-order valence-corrected chi connectivity index (χ1v) is 27.0. The van der Waals surface area contributed by atoms with E-state index in [-0.39, 0.29) is 38.0 Å². The molecule has 0 aliphatic carbocycles. The van der Waals surface area contributed by atoms with Gasteiger partial charge in [-0.15, -0.1) is 0 Å². The Hall–Kier alpha value is -4.97. The minimum absolute atomic E-state index is 0.138. The maximum atomic E-state index is 12.8. The molecule has 0 saturated carbocycles. The smallest absolute Gasteiger partial charge is 0.306 e. The minimum Gasteiger partial charge on any atom is -0.462 e. The molecule has 0 fully saturated rings. The average Bonchev–Trinajstić information content (AvgIpc) is 3.35. The number of ether oxygens (including phenoxy) is 3. The van der Waals surface area contributed by atoms with Crippen molar-refractivity contribution in [3.63, 3.8) is 0 Å². The van der Waals surface area contributed by atoms with E-state index in [1.54, 1.807) is 0 Å². The van der Waals surface area contributed by atoms with Gasteiger partial charge in [0.05, 0.1) is 0 Å². The van der Waals surface area contributed by atoms with Crippen LogP contribution in [0.15, 0.2) is 158 Å². The van der Waals surface area contributed by atoms with E-state index >= 15 is 0 Å². The molecule has 0 rings (SSSR count). The summed E-state index contributed by atoms with van der Waals surface area (Å²) in [5.41, 5.74) is 0. The maximum Gasteiger partial charge on any atom is 0.306 e. The van der Waals surface area contributed by atoms with Crippen LogP contribution in [-0.2, 0) is 28.6 Å². The van der Waals surface area contributed by atoms with Gasteiger partial charge in [-0.25, -0.2) is 0 Å². The van der Waals surface area contributed by atoms with Crippen LogP contribution < -0.4 is 0 Å². The van der Waals surface area contributed by atoms with Crippen molar-refractivity contribution in [1.82, 2.24) is 0 Å². The number of carbonyl (C=O) groups is 3. The summed E-state index contributed by atoms with van der Waals surface area (Å²) < 4.78 is 16.7. The predicted octanol–water partition coefficient (Wildman–Crippen LogP) is 18.2. The lowest BCUT2D eigenvalue weighted by atomic mass is 10.1. The van der Waals surface area contributed by atoms with Gasteiger partial charge in [-0.05, 0) is 141 Å². The van der Waals surface area contributed by atoms with E-state index in [4.69, 9.17) is 14.2 Å². The lowest BCUT2D eigenvalue weighted by molar-refractivity contribution is -0.167. The second kappa shape index (κ2) is 55.6. The van der Waals surface area contributed by atoms with Crippen LogP contribution in [0, 0.1) is 0 Å². The van der Waals surface area contributed by atoms with Crippen LogP contribution in [-0.4, -0.2) is 37.2 Å². The van der Waals surface area contributed by atoms with Gasteiger partial charge in [0.15, 0.2) is 6.10 Å². The van der Waals surface area contributed by atoms with Gasteiger partial charge < -0.3 is 14.2 Å². The first-order valence-electron chi connectivity index (χ1n) is 27.0. The van der Waals surface area contributed by atoms with Crippen molar-refractivity contribution < 1.29 is 28.6 Å². The summed E-state index contributed by atoms with van der Waals surface area (Å²) in [7, 11) is 0. The zero-order valence-electron chi connectivity index (χ0n) is 43.8. The summed E-state index contributed by atoms with van der Waals surface area (Å²) in [6.45, 7) is 6.24. The Morgan fingerprint density at radius 3 is 0.928 bits per heavy atom. The molecule has 0 aromatic carbocycles. The fourth-order valence-electron chi connectivity index (χ4n) is 6.51. The third kappa shape index (κ3) is 53.8. The Balaban J connectivity index is 4.64. The third-order valence-corrected chi connectivity index (χ3v) is 10.5. The molecular formula is C63H96O6. The zero-order valence-corrected chi connectivity index (χ0v) is 43.8. The lowest BCUT2D eigenvalue weighted by Crippen LogP contribution is -2.30. The van der Waals surface area contributed by atoms with Gasteiger partial charge in [0.2, 0.25) is 0 Å². The van der Waals surface area contributed by atoms with Crippen molar-refractivity contribution in [3.8, 4) is 0 Å². The van der Waals surface area contributed by atoms with E-state index in [0.717, 1.165) is 122 Å². The molecule has 0 amide bonds. The molecule has 0 heterocycles. The Morgan fingerprint density at radius 1 is 0.304 bits per heavy atom. The van der Waals surface area contributed by atoms with Crippen molar-refractivity contribution >= 4 is 17.9 Å². The van der Waals surface area contributed by atoms with E-state index in [1.807, 2.05) is 0 Å². The predicted molar refractivity (Wildman–Crippen MR) is 297 cm³/mol. The van der Waals surface area contributed by atoms with E-state index in [2.05, 4.69) is 179 Å². The van der Waals surface area contributed by atoms with E-state index in [9.17, 15) is 14.4 Å². The molecule has 0 aromatic rings. The van der Waals surface area contributed by atoms with Gasteiger partial charge in [0.1, 0.15) is 13.2 Å². The number of esters is 3. The molecule has 1 atom stereocenters. The molecule has 0 aromatic heterocycles. The largest absolute Gasteiger partial charge is 0.462 e. The number of rotatable bonds is 46. The Morgan fingerprint density at radius 2 is 0.580 bits per heavy atom. The average molecular weight is 949 g/mol. The van der Waals surface area contributed by atoms with Crippen LogP contribution in [0.1, 0.15) is 201 Å².